The molecular formula is C9H13N3O4. The van der Waals surface area contributed by atoms with Crippen LogP contribution in [0.1, 0.15) is 13.8 Å². The quantitative estimate of drug-likeness (QED) is 0.232. The molecule has 0 rings (SSSR count). The summed E-state index contributed by atoms with van der Waals surface area (Å²) in [5, 5.41) is 3.39. The van der Waals surface area contributed by atoms with Gasteiger partial charge in [0, 0.05) is 17.9 Å². The maximum atomic E-state index is 10.8. The molecule has 0 saturated heterocycles. The van der Waals surface area contributed by atoms with Gasteiger partial charge >= 0.3 is 11.9 Å². The Bertz CT molecular complexity index is 334. The summed E-state index contributed by atoms with van der Waals surface area (Å²) < 4.78 is 9.19. The molecule has 88 valence electrons. The van der Waals surface area contributed by atoms with Gasteiger partial charge in [-0.05, 0) is 12.5 Å². The van der Waals surface area contributed by atoms with Gasteiger partial charge in [0.25, 0.3) is 0 Å². The number of azide groups is 1. The number of hydrogen-bond donors (Lipinski definition) is 0. The van der Waals surface area contributed by atoms with E-state index in [4.69, 9.17) is 10.3 Å². The Hall–Kier alpha value is -2.01. The van der Waals surface area contributed by atoms with E-state index in [1.54, 1.807) is 6.92 Å². The predicted octanol–water partition coefficient (Wildman–Crippen LogP) is 1.35. The minimum absolute atomic E-state index is 0.489. The van der Waals surface area contributed by atoms with Crippen molar-refractivity contribution in [3.8, 4) is 0 Å². The second-order valence-corrected chi connectivity index (χ2v) is 2.89. The standard InChI is InChI=1S/C9H13N3O4/c1-6(16-7(2)13)8(11-12-10)4-5-9(14)15-3/h4-6,8H,1-3H3/b5-4+/t6-,8+/m1/s1. The van der Waals surface area contributed by atoms with Crippen LogP contribution in [0, 0.1) is 0 Å². The lowest BCUT2D eigenvalue weighted by atomic mass is 10.2. The Morgan fingerprint density at radius 3 is 2.56 bits per heavy atom. The first-order chi connectivity index (χ1) is 7.51. The van der Waals surface area contributed by atoms with Crippen LogP contribution in [0.25, 0.3) is 10.4 Å². The smallest absolute Gasteiger partial charge is 0.330 e. The van der Waals surface area contributed by atoms with E-state index in [0.29, 0.717) is 0 Å². The highest BCUT2D eigenvalue weighted by Gasteiger charge is 2.15. The Kier molecular flexibility index (Phi) is 6.39. The number of methoxy groups -OCH3 is 1. The second kappa shape index (κ2) is 7.30. The summed E-state index contributed by atoms with van der Waals surface area (Å²) >= 11 is 0. The first-order valence-electron chi connectivity index (χ1n) is 4.48. The molecule has 0 unspecified atom stereocenters. The van der Waals surface area contributed by atoms with E-state index in [1.807, 2.05) is 0 Å². The third-order valence-corrected chi connectivity index (χ3v) is 1.65. The maximum Gasteiger partial charge on any atom is 0.330 e. The summed E-state index contributed by atoms with van der Waals surface area (Å²) in [6.45, 7) is 2.80. The second-order valence-electron chi connectivity index (χ2n) is 2.89. The van der Waals surface area contributed by atoms with E-state index >= 15 is 0 Å². The molecule has 0 fully saturated rings. The number of nitrogens with zero attached hydrogens (tertiary/aromatic N) is 3. The molecule has 7 nitrogen and oxygen atoms in total. The fourth-order valence-corrected chi connectivity index (χ4v) is 0.925. The number of hydrogen-bond acceptors (Lipinski definition) is 5. The van der Waals surface area contributed by atoms with Crippen LogP contribution >= 0.6 is 0 Å². The SMILES string of the molecule is COC(=O)/C=C/[C@H](N=[N+]=[N-])[C@@H](C)OC(C)=O. The molecule has 0 N–H and O–H groups in total. The van der Waals surface area contributed by atoms with Crippen molar-refractivity contribution in [1.82, 2.24) is 0 Å². The van der Waals surface area contributed by atoms with Gasteiger partial charge < -0.3 is 9.47 Å². The third kappa shape index (κ3) is 5.66. The maximum absolute atomic E-state index is 10.8. The first kappa shape index (κ1) is 14.0. The number of rotatable bonds is 5. The van der Waals surface area contributed by atoms with Gasteiger partial charge in [0.05, 0.1) is 13.2 Å². The van der Waals surface area contributed by atoms with Crippen molar-refractivity contribution in [2.24, 2.45) is 5.11 Å². The molecule has 0 aliphatic heterocycles. The van der Waals surface area contributed by atoms with Gasteiger partial charge in [0.15, 0.2) is 0 Å². The van der Waals surface area contributed by atoms with Crippen molar-refractivity contribution in [3.63, 3.8) is 0 Å². The first-order valence-corrected chi connectivity index (χ1v) is 4.48. The Morgan fingerprint density at radius 2 is 2.12 bits per heavy atom. The molecule has 16 heavy (non-hydrogen) atoms. The minimum atomic E-state index is -0.743. The lowest BCUT2D eigenvalue weighted by Gasteiger charge is -2.15. The van der Waals surface area contributed by atoms with Crippen LogP contribution in [0.5, 0.6) is 0 Å². The van der Waals surface area contributed by atoms with Crippen molar-refractivity contribution in [1.29, 1.82) is 0 Å². The Labute approximate surface area is 92.7 Å². The molecule has 0 aliphatic carbocycles. The molecule has 2 atom stereocenters. The average Bonchev–Trinajstić information content (AvgIpc) is 2.22. The summed E-state index contributed by atoms with van der Waals surface area (Å²) in [5.41, 5.74) is 8.31. The van der Waals surface area contributed by atoms with Crippen LogP contribution in [0.15, 0.2) is 17.3 Å². The van der Waals surface area contributed by atoms with E-state index in [9.17, 15) is 9.59 Å². The molecule has 0 amide bonds. The number of carbonyl (C=O) groups is 2. The van der Waals surface area contributed by atoms with Crippen LogP contribution in [-0.4, -0.2) is 31.2 Å². The fourth-order valence-electron chi connectivity index (χ4n) is 0.925. The minimum Gasteiger partial charge on any atom is -0.466 e. The summed E-state index contributed by atoms with van der Waals surface area (Å²) in [4.78, 5) is 24.1. The Balaban J connectivity index is 4.60. The summed E-state index contributed by atoms with van der Waals surface area (Å²) in [5.74, 6) is -1.06. The molecule has 0 spiro atoms. The largest absolute Gasteiger partial charge is 0.466 e. The molecule has 0 saturated carbocycles. The van der Waals surface area contributed by atoms with Gasteiger partial charge in [0.1, 0.15) is 6.10 Å². The van der Waals surface area contributed by atoms with Gasteiger partial charge in [-0.2, -0.15) is 0 Å². The van der Waals surface area contributed by atoms with Gasteiger partial charge in [-0.15, -0.1) is 0 Å². The van der Waals surface area contributed by atoms with E-state index in [0.717, 1.165) is 6.08 Å². The van der Waals surface area contributed by atoms with Crippen LogP contribution in [-0.2, 0) is 19.1 Å². The van der Waals surface area contributed by atoms with Crippen LogP contribution in [0.4, 0.5) is 0 Å². The zero-order valence-corrected chi connectivity index (χ0v) is 9.28. The molecule has 0 aromatic carbocycles. The molecule has 0 aromatic heterocycles. The zero-order chi connectivity index (χ0) is 12.6. The molecule has 0 aliphatic rings. The van der Waals surface area contributed by atoms with Crippen molar-refractivity contribution in [2.45, 2.75) is 26.0 Å². The number of carbonyl (C=O) groups excluding carboxylic acids is 2. The highest BCUT2D eigenvalue weighted by atomic mass is 16.5. The summed E-state index contributed by atoms with van der Waals surface area (Å²) in [6.07, 6.45) is 1.78. The molecule has 0 aromatic rings. The zero-order valence-electron chi connectivity index (χ0n) is 9.28. The van der Waals surface area contributed by atoms with E-state index in [2.05, 4.69) is 14.8 Å². The van der Waals surface area contributed by atoms with Crippen molar-refractivity contribution < 1.29 is 19.1 Å². The molecule has 0 radical (unpaired) electrons. The van der Waals surface area contributed by atoms with Gasteiger partial charge in [-0.1, -0.05) is 11.2 Å². The van der Waals surface area contributed by atoms with Crippen molar-refractivity contribution in [2.75, 3.05) is 7.11 Å². The fraction of sp³-hybridized carbons (Fsp3) is 0.556. The summed E-state index contributed by atoms with van der Waals surface area (Å²) in [6, 6.07) is -0.743. The normalized spacial score (nSPS) is 13.7. The lowest BCUT2D eigenvalue weighted by Crippen LogP contribution is -2.24. The highest BCUT2D eigenvalue weighted by molar-refractivity contribution is 5.81. The van der Waals surface area contributed by atoms with Crippen molar-refractivity contribution in [3.05, 3.63) is 22.6 Å². The van der Waals surface area contributed by atoms with Crippen LogP contribution in [0.3, 0.4) is 0 Å². The molecule has 0 bridgehead atoms. The average molecular weight is 227 g/mol. The predicted molar refractivity (Wildman–Crippen MR) is 55.3 cm³/mol. The van der Waals surface area contributed by atoms with Crippen molar-refractivity contribution >= 4 is 11.9 Å². The molecular weight excluding hydrogens is 214 g/mol. The number of esters is 2. The third-order valence-electron chi connectivity index (χ3n) is 1.65. The highest BCUT2D eigenvalue weighted by Crippen LogP contribution is 2.06. The number of ether oxygens (including phenoxy) is 2. The van der Waals surface area contributed by atoms with Gasteiger partial charge in [-0.3, -0.25) is 4.79 Å². The molecule has 7 heteroatoms. The lowest BCUT2D eigenvalue weighted by molar-refractivity contribution is -0.145. The van der Waals surface area contributed by atoms with Gasteiger partial charge in [-0.25, -0.2) is 4.79 Å². The van der Waals surface area contributed by atoms with Gasteiger partial charge in [0.2, 0.25) is 0 Å². The van der Waals surface area contributed by atoms with E-state index in [-0.39, 0.29) is 0 Å². The van der Waals surface area contributed by atoms with Crippen LogP contribution < -0.4 is 0 Å². The topological polar surface area (TPSA) is 101 Å². The summed E-state index contributed by atoms with van der Waals surface area (Å²) in [7, 11) is 1.23. The van der Waals surface area contributed by atoms with Crippen LogP contribution in [0.2, 0.25) is 0 Å². The van der Waals surface area contributed by atoms with E-state index in [1.165, 1.54) is 20.1 Å². The molecule has 0 heterocycles. The monoisotopic (exact) mass is 227 g/mol. The van der Waals surface area contributed by atoms with E-state index < -0.39 is 24.1 Å². The Morgan fingerprint density at radius 1 is 1.50 bits per heavy atom.